The first-order valence-corrected chi connectivity index (χ1v) is 6.47. The number of nitrogen functional groups attached to an aromatic ring is 1. The Kier molecular flexibility index (Phi) is 4.73. The Morgan fingerprint density at radius 3 is 3.11 bits per heavy atom. The summed E-state index contributed by atoms with van der Waals surface area (Å²) in [6, 6.07) is 7.12. The number of ether oxygens (including phenoxy) is 1. The number of ketones is 1. The molecule has 1 aliphatic rings. The van der Waals surface area contributed by atoms with E-state index >= 15 is 0 Å². The first-order valence-electron chi connectivity index (χ1n) is 6.47. The number of carbonyl (C=O) groups is 1. The summed E-state index contributed by atoms with van der Waals surface area (Å²) in [5.41, 5.74) is 6.97. The fourth-order valence-electron chi connectivity index (χ4n) is 2.13. The zero-order chi connectivity index (χ0) is 12.8. The van der Waals surface area contributed by atoms with Crippen molar-refractivity contribution >= 4 is 11.5 Å². The molecule has 1 aliphatic heterocycles. The number of Topliss-reactive ketones (excluding diaryl/α,β-unsaturated/α-hetero) is 1. The van der Waals surface area contributed by atoms with Crippen LogP contribution in [0.4, 0.5) is 5.69 Å². The second-order valence-corrected chi connectivity index (χ2v) is 4.64. The van der Waals surface area contributed by atoms with Crippen LogP contribution in [0.25, 0.3) is 0 Å². The quantitative estimate of drug-likeness (QED) is 0.456. The van der Waals surface area contributed by atoms with Crippen LogP contribution < -0.4 is 11.1 Å². The van der Waals surface area contributed by atoms with Crippen molar-refractivity contribution in [1.29, 1.82) is 0 Å². The minimum Gasteiger partial charge on any atom is -0.399 e. The van der Waals surface area contributed by atoms with Gasteiger partial charge in [-0.1, -0.05) is 12.1 Å². The number of nitrogens with two attached hydrogens (primary N) is 1. The molecule has 18 heavy (non-hydrogen) atoms. The maximum atomic E-state index is 11.9. The smallest absolute Gasteiger partial charge is 0.164 e. The van der Waals surface area contributed by atoms with Crippen LogP contribution >= 0.6 is 0 Å². The third kappa shape index (κ3) is 3.82. The van der Waals surface area contributed by atoms with Crippen molar-refractivity contribution in [3.8, 4) is 0 Å². The number of benzene rings is 1. The summed E-state index contributed by atoms with van der Waals surface area (Å²) >= 11 is 0. The Hall–Kier alpha value is -1.39. The van der Waals surface area contributed by atoms with Crippen LogP contribution in [0.15, 0.2) is 24.3 Å². The SMILES string of the molecule is Nc1cccc(C(=O)CCNCC2CCCO2)c1. The molecule has 0 spiro atoms. The van der Waals surface area contributed by atoms with Crippen LogP contribution in [-0.4, -0.2) is 31.6 Å². The van der Waals surface area contributed by atoms with Crippen molar-refractivity contribution in [3.05, 3.63) is 29.8 Å². The van der Waals surface area contributed by atoms with E-state index < -0.39 is 0 Å². The number of rotatable bonds is 6. The maximum absolute atomic E-state index is 11.9. The minimum absolute atomic E-state index is 0.127. The number of hydrogen-bond acceptors (Lipinski definition) is 4. The molecule has 1 fully saturated rings. The van der Waals surface area contributed by atoms with Gasteiger partial charge in [0, 0.05) is 37.4 Å². The van der Waals surface area contributed by atoms with Gasteiger partial charge < -0.3 is 15.8 Å². The van der Waals surface area contributed by atoms with E-state index in [1.54, 1.807) is 18.2 Å². The lowest BCUT2D eigenvalue weighted by atomic mass is 10.1. The van der Waals surface area contributed by atoms with Gasteiger partial charge in [0.2, 0.25) is 0 Å². The van der Waals surface area contributed by atoms with Gasteiger partial charge in [0.1, 0.15) is 0 Å². The Bertz CT molecular complexity index is 401. The van der Waals surface area contributed by atoms with Crippen molar-refractivity contribution in [2.45, 2.75) is 25.4 Å². The summed E-state index contributed by atoms with van der Waals surface area (Å²) in [7, 11) is 0. The predicted molar refractivity (Wildman–Crippen MR) is 71.6 cm³/mol. The van der Waals surface area contributed by atoms with Gasteiger partial charge in [-0.15, -0.1) is 0 Å². The average molecular weight is 248 g/mol. The summed E-state index contributed by atoms with van der Waals surface area (Å²) in [5.74, 6) is 0.127. The van der Waals surface area contributed by atoms with Crippen LogP contribution in [0.1, 0.15) is 29.6 Å². The maximum Gasteiger partial charge on any atom is 0.164 e. The number of carbonyl (C=O) groups excluding carboxylic acids is 1. The number of anilines is 1. The topological polar surface area (TPSA) is 64.4 Å². The number of nitrogens with one attached hydrogen (secondary N) is 1. The molecule has 1 aromatic rings. The van der Waals surface area contributed by atoms with Gasteiger partial charge >= 0.3 is 0 Å². The molecule has 4 heteroatoms. The molecule has 0 aromatic heterocycles. The van der Waals surface area contributed by atoms with E-state index in [0.717, 1.165) is 26.0 Å². The van der Waals surface area contributed by atoms with E-state index in [2.05, 4.69) is 5.32 Å². The van der Waals surface area contributed by atoms with Gasteiger partial charge in [-0.3, -0.25) is 4.79 Å². The Morgan fingerprint density at radius 2 is 2.39 bits per heavy atom. The fourth-order valence-corrected chi connectivity index (χ4v) is 2.13. The molecule has 3 N–H and O–H groups in total. The van der Waals surface area contributed by atoms with E-state index in [-0.39, 0.29) is 5.78 Å². The van der Waals surface area contributed by atoms with E-state index in [4.69, 9.17) is 10.5 Å². The standard InChI is InChI=1S/C14H20N2O2/c15-12-4-1-3-11(9-12)14(17)6-7-16-10-13-5-2-8-18-13/h1,3-4,9,13,16H,2,5-8,10,15H2. The first kappa shape index (κ1) is 13.1. The largest absolute Gasteiger partial charge is 0.399 e. The summed E-state index contributed by atoms with van der Waals surface area (Å²) in [4.78, 5) is 11.9. The van der Waals surface area contributed by atoms with Crippen LogP contribution in [0.2, 0.25) is 0 Å². The summed E-state index contributed by atoms with van der Waals surface area (Å²) in [6.45, 7) is 2.40. The molecule has 0 bridgehead atoms. The van der Waals surface area contributed by atoms with Gasteiger partial charge in [0.25, 0.3) is 0 Å². The second kappa shape index (κ2) is 6.52. The molecule has 0 saturated carbocycles. The fraction of sp³-hybridized carbons (Fsp3) is 0.500. The van der Waals surface area contributed by atoms with E-state index in [0.29, 0.717) is 30.3 Å². The highest BCUT2D eigenvalue weighted by atomic mass is 16.5. The van der Waals surface area contributed by atoms with Gasteiger partial charge in [-0.05, 0) is 25.0 Å². The van der Waals surface area contributed by atoms with Crippen molar-refractivity contribution in [2.24, 2.45) is 0 Å². The van der Waals surface area contributed by atoms with Gasteiger partial charge in [0.05, 0.1) is 6.10 Å². The van der Waals surface area contributed by atoms with Crippen molar-refractivity contribution < 1.29 is 9.53 Å². The van der Waals surface area contributed by atoms with E-state index in [1.807, 2.05) is 6.07 Å². The van der Waals surface area contributed by atoms with Gasteiger partial charge in [0.15, 0.2) is 5.78 Å². The summed E-state index contributed by atoms with van der Waals surface area (Å²) < 4.78 is 5.50. The summed E-state index contributed by atoms with van der Waals surface area (Å²) in [6.07, 6.45) is 3.09. The monoisotopic (exact) mass is 248 g/mol. The predicted octanol–water partition coefficient (Wildman–Crippen LogP) is 1.61. The minimum atomic E-state index is 0.127. The van der Waals surface area contributed by atoms with Crippen molar-refractivity contribution in [2.75, 3.05) is 25.4 Å². The van der Waals surface area contributed by atoms with E-state index in [1.165, 1.54) is 0 Å². The molecular formula is C14H20N2O2. The molecule has 0 amide bonds. The normalized spacial score (nSPS) is 19.0. The highest BCUT2D eigenvalue weighted by Crippen LogP contribution is 2.11. The lowest BCUT2D eigenvalue weighted by molar-refractivity contribution is 0.0968. The zero-order valence-electron chi connectivity index (χ0n) is 10.5. The molecule has 2 rings (SSSR count). The molecular weight excluding hydrogens is 228 g/mol. The van der Waals surface area contributed by atoms with Crippen molar-refractivity contribution in [1.82, 2.24) is 5.32 Å². The van der Waals surface area contributed by atoms with Crippen LogP contribution in [0, 0.1) is 0 Å². The van der Waals surface area contributed by atoms with Gasteiger partial charge in [-0.25, -0.2) is 0 Å². The highest BCUT2D eigenvalue weighted by molar-refractivity contribution is 5.96. The zero-order valence-corrected chi connectivity index (χ0v) is 10.5. The van der Waals surface area contributed by atoms with Gasteiger partial charge in [-0.2, -0.15) is 0 Å². The Labute approximate surface area is 108 Å². The molecule has 98 valence electrons. The summed E-state index contributed by atoms with van der Waals surface area (Å²) in [5, 5.41) is 3.27. The molecule has 1 heterocycles. The second-order valence-electron chi connectivity index (χ2n) is 4.64. The van der Waals surface area contributed by atoms with Crippen LogP contribution in [0.3, 0.4) is 0 Å². The average Bonchev–Trinajstić information content (AvgIpc) is 2.87. The van der Waals surface area contributed by atoms with Crippen LogP contribution in [0.5, 0.6) is 0 Å². The molecule has 0 aliphatic carbocycles. The molecule has 1 saturated heterocycles. The third-order valence-electron chi connectivity index (χ3n) is 3.13. The van der Waals surface area contributed by atoms with Crippen LogP contribution in [-0.2, 0) is 4.74 Å². The molecule has 0 radical (unpaired) electrons. The lowest BCUT2D eigenvalue weighted by Crippen LogP contribution is -2.28. The number of hydrogen-bond donors (Lipinski definition) is 2. The third-order valence-corrected chi connectivity index (χ3v) is 3.13. The molecule has 1 aromatic carbocycles. The first-order chi connectivity index (χ1) is 8.75. The molecule has 1 unspecified atom stereocenters. The van der Waals surface area contributed by atoms with Crippen molar-refractivity contribution in [3.63, 3.8) is 0 Å². The lowest BCUT2D eigenvalue weighted by Gasteiger charge is -2.10. The Balaban J connectivity index is 1.68. The highest BCUT2D eigenvalue weighted by Gasteiger charge is 2.14. The Morgan fingerprint density at radius 1 is 1.50 bits per heavy atom. The molecule has 1 atom stereocenters. The molecule has 4 nitrogen and oxygen atoms in total. The van der Waals surface area contributed by atoms with E-state index in [9.17, 15) is 4.79 Å².